The van der Waals surface area contributed by atoms with Crippen LogP contribution in [0.1, 0.15) is 450 Å². The Bertz CT molecular complexity index is 1270. The summed E-state index contributed by atoms with van der Waals surface area (Å²) >= 11 is 0. The first-order valence-electron chi connectivity index (χ1n) is 38.9. The molecule has 0 aliphatic carbocycles. The molecule has 0 aliphatic rings. The van der Waals surface area contributed by atoms with Gasteiger partial charge in [0.2, 0.25) is 5.91 Å². The maximum absolute atomic E-state index is 12.6. The van der Waals surface area contributed by atoms with Crippen molar-refractivity contribution in [2.75, 3.05) is 13.2 Å². The third-order valence-corrected chi connectivity index (χ3v) is 18.6. The fraction of sp³-hybridized carbons (Fsp3) is 0.949. The zero-order valence-corrected chi connectivity index (χ0v) is 57.4. The van der Waals surface area contributed by atoms with E-state index in [-0.39, 0.29) is 18.5 Å². The van der Waals surface area contributed by atoms with Gasteiger partial charge in [0.1, 0.15) is 0 Å². The number of aliphatic hydroxyl groups is 2. The van der Waals surface area contributed by atoms with Crippen LogP contribution in [0, 0.1) is 0 Å². The Morgan fingerprint density at radius 3 is 0.845 bits per heavy atom. The quantitative estimate of drug-likeness (QED) is 0.0320. The van der Waals surface area contributed by atoms with Crippen LogP contribution in [-0.2, 0) is 14.3 Å². The molecule has 6 nitrogen and oxygen atoms in total. The van der Waals surface area contributed by atoms with Crippen LogP contribution >= 0.6 is 0 Å². The number of carbonyl (C=O) groups excluding carboxylic acids is 2. The Morgan fingerprint density at radius 1 is 0.321 bits per heavy atom. The van der Waals surface area contributed by atoms with Crippen LogP contribution in [-0.4, -0.2) is 47.4 Å². The van der Waals surface area contributed by atoms with Crippen molar-refractivity contribution in [3.8, 4) is 0 Å². The second-order valence-electron chi connectivity index (χ2n) is 27.0. The molecule has 2 unspecified atom stereocenters. The number of unbranched alkanes of at least 4 members (excludes halogenated alkanes) is 61. The van der Waals surface area contributed by atoms with Crippen LogP contribution in [0.25, 0.3) is 0 Å². The molecular formula is C78H153NO5. The topological polar surface area (TPSA) is 95.9 Å². The molecule has 0 fully saturated rings. The lowest BCUT2D eigenvalue weighted by atomic mass is 10.0. The third kappa shape index (κ3) is 69.7. The number of esters is 1. The van der Waals surface area contributed by atoms with E-state index in [4.69, 9.17) is 4.74 Å². The van der Waals surface area contributed by atoms with Gasteiger partial charge >= 0.3 is 5.97 Å². The number of ether oxygens (including phenoxy) is 1. The molecule has 0 saturated carbocycles. The summed E-state index contributed by atoms with van der Waals surface area (Å²) in [5, 5.41) is 23.5. The summed E-state index contributed by atoms with van der Waals surface area (Å²) in [7, 11) is 0. The SMILES string of the molecule is CCCCCCCCCCCCCCCCCCCCCCCCCC(O)C(CO)NC(=O)CCCCCCCCCCCCCCCC/C=C\CCCCCCCCCCCCCCOC(=O)CCCCCCCCCCCCCCCC. The van der Waals surface area contributed by atoms with E-state index in [1.54, 1.807) is 0 Å². The van der Waals surface area contributed by atoms with Crippen molar-refractivity contribution in [1.29, 1.82) is 0 Å². The highest BCUT2D eigenvalue weighted by Gasteiger charge is 2.20. The highest BCUT2D eigenvalue weighted by Crippen LogP contribution is 2.20. The highest BCUT2D eigenvalue weighted by molar-refractivity contribution is 5.76. The summed E-state index contributed by atoms with van der Waals surface area (Å²) in [6.07, 6.45) is 92.9. The Hall–Kier alpha value is -1.40. The van der Waals surface area contributed by atoms with E-state index in [1.165, 1.54) is 379 Å². The van der Waals surface area contributed by atoms with E-state index < -0.39 is 12.1 Å². The van der Waals surface area contributed by atoms with Gasteiger partial charge in [-0.25, -0.2) is 0 Å². The van der Waals surface area contributed by atoms with Crippen molar-refractivity contribution in [3.63, 3.8) is 0 Å². The molecule has 2 atom stereocenters. The third-order valence-electron chi connectivity index (χ3n) is 18.6. The van der Waals surface area contributed by atoms with Gasteiger partial charge < -0.3 is 20.3 Å². The van der Waals surface area contributed by atoms with Gasteiger partial charge in [0.25, 0.3) is 0 Å². The summed E-state index contributed by atoms with van der Waals surface area (Å²) in [5.74, 6) is -0.00692. The first-order valence-corrected chi connectivity index (χ1v) is 38.9. The number of aliphatic hydroxyl groups excluding tert-OH is 2. The van der Waals surface area contributed by atoms with Crippen molar-refractivity contribution < 1.29 is 24.5 Å². The normalized spacial score (nSPS) is 12.5. The average Bonchev–Trinajstić information content (AvgIpc) is 3.51. The summed E-state index contributed by atoms with van der Waals surface area (Å²) < 4.78 is 5.50. The molecule has 0 spiro atoms. The van der Waals surface area contributed by atoms with E-state index in [0.717, 1.165) is 38.5 Å². The number of rotatable bonds is 74. The van der Waals surface area contributed by atoms with Gasteiger partial charge in [-0.1, -0.05) is 398 Å². The van der Waals surface area contributed by atoms with E-state index in [1.807, 2.05) is 0 Å². The fourth-order valence-electron chi connectivity index (χ4n) is 12.6. The zero-order valence-electron chi connectivity index (χ0n) is 57.4. The molecule has 84 heavy (non-hydrogen) atoms. The molecule has 0 aliphatic heterocycles. The lowest BCUT2D eigenvalue weighted by Crippen LogP contribution is -2.45. The number of hydrogen-bond acceptors (Lipinski definition) is 5. The first kappa shape index (κ1) is 82.6. The van der Waals surface area contributed by atoms with Crippen molar-refractivity contribution in [3.05, 3.63) is 12.2 Å². The van der Waals surface area contributed by atoms with E-state index in [0.29, 0.717) is 25.9 Å². The van der Waals surface area contributed by atoms with Crippen LogP contribution in [0.2, 0.25) is 0 Å². The molecule has 0 rings (SSSR count). The molecule has 500 valence electrons. The molecule has 0 aromatic rings. The zero-order chi connectivity index (χ0) is 60.6. The van der Waals surface area contributed by atoms with Crippen molar-refractivity contribution in [1.82, 2.24) is 5.32 Å². The highest BCUT2D eigenvalue weighted by atomic mass is 16.5. The van der Waals surface area contributed by atoms with Crippen molar-refractivity contribution in [2.24, 2.45) is 0 Å². The predicted molar refractivity (Wildman–Crippen MR) is 370 cm³/mol. The number of carbonyl (C=O) groups is 2. The predicted octanol–water partition coefficient (Wildman–Crippen LogP) is 25.5. The lowest BCUT2D eigenvalue weighted by molar-refractivity contribution is -0.143. The van der Waals surface area contributed by atoms with Crippen LogP contribution < -0.4 is 5.32 Å². The molecule has 0 bridgehead atoms. The van der Waals surface area contributed by atoms with Gasteiger partial charge in [-0.05, 0) is 51.4 Å². The van der Waals surface area contributed by atoms with Crippen molar-refractivity contribution in [2.45, 2.75) is 463 Å². The molecule has 3 N–H and O–H groups in total. The summed E-state index contributed by atoms with van der Waals surface area (Å²) in [6.45, 7) is 5.01. The largest absolute Gasteiger partial charge is 0.466 e. The molecule has 0 heterocycles. The number of nitrogens with one attached hydrogen (secondary N) is 1. The second kappa shape index (κ2) is 74.1. The lowest BCUT2D eigenvalue weighted by Gasteiger charge is -2.22. The standard InChI is InChI=1S/C78H153NO5/c1-3-5-7-9-11-13-15-17-19-20-21-22-31-34-37-40-43-46-50-54-58-62-66-70-76(81)75(74-80)79-77(82)71-67-63-59-55-51-47-44-41-38-35-32-29-27-25-23-24-26-28-30-33-36-39-42-45-49-53-57-61-65-69-73-84-78(83)72-68-64-60-56-52-48-18-16-14-12-10-8-6-4-2/h24,26,75-76,80-81H,3-23,25,27-74H2,1-2H3,(H,79,82)/b26-24-. The Labute approximate surface area is 527 Å². The number of amides is 1. The maximum atomic E-state index is 12.6. The average molecular weight is 1190 g/mol. The maximum Gasteiger partial charge on any atom is 0.305 e. The van der Waals surface area contributed by atoms with Gasteiger partial charge in [0.15, 0.2) is 0 Å². The minimum absolute atomic E-state index is 0.0207. The van der Waals surface area contributed by atoms with Crippen molar-refractivity contribution >= 4 is 11.9 Å². The Kier molecular flexibility index (Phi) is 72.8. The molecule has 0 aromatic carbocycles. The van der Waals surface area contributed by atoms with Gasteiger partial charge in [-0.15, -0.1) is 0 Å². The van der Waals surface area contributed by atoms with E-state index in [2.05, 4.69) is 31.3 Å². The molecule has 0 radical (unpaired) electrons. The minimum atomic E-state index is -0.664. The molecule has 0 saturated heterocycles. The first-order chi connectivity index (χ1) is 41.5. The van der Waals surface area contributed by atoms with Gasteiger partial charge in [-0.3, -0.25) is 9.59 Å². The minimum Gasteiger partial charge on any atom is -0.466 e. The van der Waals surface area contributed by atoms with Gasteiger partial charge in [-0.2, -0.15) is 0 Å². The smallest absolute Gasteiger partial charge is 0.305 e. The Morgan fingerprint density at radius 2 is 0.560 bits per heavy atom. The molecule has 1 amide bonds. The monoisotopic (exact) mass is 1180 g/mol. The molecule has 0 aromatic heterocycles. The van der Waals surface area contributed by atoms with Crippen LogP contribution in [0.5, 0.6) is 0 Å². The van der Waals surface area contributed by atoms with E-state index in [9.17, 15) is 19.8 Å². The van der Waals surface area contributed by atoms with Gasteiger partial charge in [0.05, 0.1) is 25.4 Å². The molecular weight excluding hydrogens is 1030 g/mol. The van der Waals surface area contributed by atoms with Gasteiger partial charge in [0, 0.05) is 12.8 Å². The van der Waals surface area contributed by atoms with Crippen LogP contribution in [0.3, 0.4) is 0 Å². The summed E-state index contributed by atoms with van der Waals surface area (Å²) in [5.41, 5.74) is 0. The van der Waals surface area contributed by atoms with Crippen LogP contribution in [0.4, 0.5) is 0 Å². The van der Waals surface area contributed by atoms with Crippen LogP contribution in [0.15, 0.2) is 12.2 Å². The second-order valence-corrected chi connectivity index (χ2v) is 27.0. The summed E-state index contributed by atoms with van der Waals surface area (Å²) in [6, 6.07) is -0.541. The fourth-order valence-corrected chi connectivity index (χ4v) is 12.6. The number of hydrogen-bond donors (Lipinski definition) is 3. The van der Waals surface area contributed by atoms with E-state index >= 15 is 0 Å². The summed E-state index contributed by atoms with van der Waals surface area (Å²) in [4.78, 5) is 24.6. The molecule has 6 heteroatoms. The number of allylic oxidation sites excluding steroid dienone is 2. The Balaban J connectivity index is 3.36.